The van der Waals surface area contributed by atoms with Crippen molar-refractivity contribution in [2.24, 2.45) is 0 Å². The number of H-pyrrole nitrogens is 1. The fourth-order valence-electron chi connectivity index (χ4n) is 2.71. The summed E-state index contributed by atoms with van der Waals surface area (Å²) >= 11 is 0. The van der Waals surface area contributed by atoms with Crippen LogP contribution in [0.4, 0.5) is 0 Å². The van der Waals surface area contributed by atoms with Crippen LogP contribution < -0.4 is 5.56 Å². The first-order valence-corrected chi connectivity index (χ1v) is 7.86. The third-order valence-electron chi connectivity index (χ3n) is 3.96. The molecule has 3 rings (SSSR count). The van der Waals surface area contributed by atoms with Crippen molar-refractivity contribution < 1.29 is 0 Å². The van der Waals surface area contributed by atoms with Crippen molar-refractivity contribution in [3.05, 3.63) is 70.5 Å². The Bertz CT molecular complexity index is 863. The molecule has 0 radical (unpaired) electrons. The van der Waals surface area contributed by atoms with Crippen molar-refractivity contribution in [1.29, 1.82) is 0 Å². The lowest BCUT2D eigenvalue weighted by Gasteiger charge is -2.19. The highest BCUT2D eigenvalue weighted by molar-refractivity contribution is 5.80. The second-order valence-corrected chi connectivity index (χ2v) is 6.91. The molecule has 3 heteroatoms. The number of benzene rings is 2. The molecule has 0 aliphatic carbocycles. The van der Waals surface area contributed by atoms with E-state index in [9.17, 15) is 4.79 Å². The number of nitrogens with one attached hydrogen (secondary N) is 1. The van der Waals surface area contributed by atoms with Crippen molar-refractivity contribution in [2.45, 2.75) is 33.2 Å². The third kappa shape index (κ3) is 2.87. The van der Waals surface area contributed by atoms with Crippen LogP contribution in [0.15, 0.2) is 59.4 Å². The van der Waals surface area contributed by atoms with Crippen molar-refractivity contribution >= 4 is 0 Å². The summed E-state index contributed by atoms with van der Waals surface area (Å²) in [5, 5.41) is 3.33. The smallest absolute Gasteiger partial charge is 0.275 e. The number of nitrogens with zero attached hydrogens (tertiary/aromatic N) is 1. The predicted octanol–water partition coefficient (Wildman–Crippen LogP) is 4.57. The maximum Gasteiger partial charge on any atom is 0.275 e. The molecule has 0 bridgehead atoms. The molecule has 0 fully saturated rings. The first-order chi connectivity index (χ1) is 10.9. The van der Waals surface area contributed by atoms with Gasteiger partial charge in [-0.2, -0.15) is 0 Å². The molecule has 3 nitrogen and oxygen atoms in total. The summed E-state index contributed by atoms with van der Waals surface area (Å²) < 4.78 is 1.71. The minimum atomic E-state index is -0.302. The Morgan fingerprint density at radius 2 is 1.48 bits per heavy atom. The molecule has 2 aromatic carbocycles. The van der Waals surface area contributed by atoms with Crippen molar-refractivity contribution in [3.63, 3.8) is 0 Å². The zero-order chi connectivity index (χ0) is 16.6. The first-order valence-electron chi connectivity index (χ1n) is 7.86. The van der Waals surface area contributed by atoms with E-state index in [1.807, 2.05) is 51.1 Å². The van der Waals surface area contributed by atoms with Gasteiger partial charge >= 0.3 is 0 Å². The van der Waals surface area contributed by atoms with Crippen molar-refractivity contribution in [1.82, 2.24) is 9.78 Å². The van der Waals surface area contributed by atoms with Crippen LogP contribution >= 0.6 is 0 Å². The zero-order valence-corrected chi connectivity index (χ0v) is 14.1. The molecule has 0 saturated heterocycles. The number of aryl methyl sites for hydroxylation is 1. The fraction of sp³-hybridized carbons (Fsp3) is 0.250. The van der Waals surface area contributed by atoms with Gasteiger partial charge in [-0.05, 0) is 33.3 Å². The molecule has 3 aromatic rings. The van der Waals surface area contributed by atoms with Crippen LogP contribution in [0, 0.1) is 6.92 Å². The molecular formula is C20H22N2O. The van der Waals surface area contributed by atoms with E-state index in [1.165, 1.54) is 5.56 Å². The molecule has 118 valence electrons. The molecule has 23 heavy (non-hydrogen) atoms. The van der Waals surface area contributed by atoms with Gasteiger partial charge in [0, 0.05) is 5.56 Å². The van der Waals surface area contributed by atoms with Crippen molar-refractivity contribution in [3.8, 4) is 22.4 Å². The Hall–Kier alpha value is -2.55. The number of rotatable bonds is 2. The van der Waals surface area contributed by atoms with Gasteiger partial charge in [0.1, 0.15) is 0 Å². The zero-order valence-electron chi connectivity index (χ0n) is 14.1. The van der Waals surface area contributed by atoms with Gasteiger partial charge in [0.25, 0.3) is 5.56 Å². The summed E-state index contributed by atoms with van der Waals surface area (Å²) in [4.78, 5) is 13.0. The summed E-state index contributed by atoms with van der Waals surface area (Å²) in [6.45, 7) is 8.14. The SMILES string of the molecule is Cc1ccc(-c2[nH]n(C(C)(C)C)c(=O)c2-c2ccccc2)cc1. The van der Waals surface area contributed by atoms with Gasteiger partial charge in [-0.3, -0.25) is 9.89 Å². The minimum Gasteiger partial charge on any atom is -0.294 e. The molecule has 0 unspecified atom stereocenters. The van der Waals surface area contributed by atoms with E-state index in [-0.39, 0.29) is 11.1 Å². The van der Waals surface area contributed by atoms with Crippen LogP contribution in [-0.2, 0) is 5.54 Å². The van der Waals surface area contributed by atoms with Crippen LogP contribution in [-0.4, -0.2) is 9.78 Å². The highest BCUT2D eigenvalue weighted by Gasteiger charge is 2.23. The maximum atomic E-state index is 13.0. The third-order valence-corrected chi connectivity index (χ3v) is 3.96. The average Bonchev–Trinajstić information content (AvgIpc) is 2.86. The van der Waals surface area contributed by atoms with Crippen LogP contribution in [0.2, 0.25) is 0 Å². The lowest BCUT2D eigenvalue weighted by molar-refractivity contribution is 0.346. The topological polar surface area (TPSA) is 37.8 Å². The van der Waals surface area contributed by atoms with E-state index in [4.69, 9.17) is 0 Å². The molecule has 0 aliphatic rings. The van der Waals surface area contributed by atoms with Gasteiger partial charge < -0.3 is 0 Å². The monoisotopic (exact) mass is 306 g/mol. The highest BCUT2D eigenvalue weighted by atomic mass is 16.1. The Labute approximate surface area is 136 Å². The van der Waals surface area contributed by atoms with Gasteiger partial charge in [-0.25, -0.2) is 4.68 Å². The van der Waals surface area contributed by atoms with E-state index in [0.29, 0.717) is 0 Å². The Morgan fingerprint density at radius 3 is 2.04 bits per heavy atom. The summed E-state index contributed by atoms with van der Waals surface area (Å²) in [6.07, 6.45) is 0. The fourth-order valence-corrected chi connectivity index (χ4v) is 2.71. The molecular weight excluding hydrogens is 284 g/mol. The van der Waals surface area contributed by atoms with Crippen molar-refractivity contribution in [2.75, 3.05) is 0 Å². The Balaban J connectivity index is 2.30. The van der Waals surface area contributed by atoms with Gasteiger partial charge in [0.2, 0.25) is 0 Å². The molecule has 0 atom stereocenters. The van der Waals surface area contributed by atoms with Crippen LogP contribution in [0.3, 0.4) is 0 Å². The first kappa shape index (κ1) is 15.3. The lowest BCUT2D eigenvalue weighted by atomic mass is 10.0. The predicted molar refractivity (Wildman–Crippen MR) is 95.7 cm³/mol. The summed E-state index contributed by atoms with van der Waals surface area (Å²) in [5.41, 5.74) is 4.47. The lowest BCUT2D eigenvalue weighted by Crippen LogP contribution is -2.32. The van der Waals surface area contributed by atoms with E-state index < -0.39 is 0 Å². The summed E-state index contributed by atoms with van der Waals surface area (Å²) in [7, 11) is 0. The molecule has 0 aliphatic heterocycles. The molecule has 0 amide bonds. The largest absolute Gasteiger partial charge is 0.294 e. The van der Waals surface area contributed by atoms with Gasteiger partial charge in [-0.1, -0.05) is 60.2 Å². The summed E-state index contributed by atoms with van der Waals surface area (Å²) in [5.74, 6) is 0. The second-order valence-electron chi connectivity index (χ2n) is 6.91. The standard InChI is InChI=1S/C20H22N2O/c1-14-10-12-16(13-11-14)18-17(15-8-6-5-7-9-15)19(23)22(21-18)20(2,3)4/h5-13,21H,1-4H3. The maximum absolute atomic E-state index is 13.0. The van der Waals surface area contributed by atoms with Crippen LogP contribution in [0.5, 0.6) is 0 Å². The van der Waals surface area contributed by atoms with Gasteiger partial charge in [-0.15, -0.1) is 0 Å². The molecule has 0 spiro atoms. The van der Waals surface area contributed by atoms with Crippen LogP contribution in [0.25, 0.3) is 22.4 Å². The van der Waals surface area contributed by atoms with Crippen LogP contribution in [0.1, 0.15) is 26.3 Å². The number of hydrogen-bond donors (Lipinski definition) is 1. The number of hydrogen-bond acceptors (Lipinski definition) is 1. The molecule has 1 heterocycles. The van der Waals surface area contributed by atoms with Gasteiger partial charge in [0.05, 0.1) is 16.8 Å². The highest BCUT2D eigenvalue weighted by Crippen LogP contribution is 2.29. The van der Waals surface area contributed by atoms with E-state index >= 15 is 0 Å². The molecule has 1 aromatic heterocycles. The second kappa shape index (κ2) is 5.58. The number of aromatic amines is 1. The molecule has 1 N–H and O–H groups in total. The molecule has 0 saturated carbocycles. The Morgan fingerprint density at radius 1 is 0.870 bits per heavy atom. The normalized spacial score (nSPS) is 11.7. The van der Waals surface area contributed by atoms with E-state index in [0.717, 1.165) is 22.4 Å². The quantitative estimate of drug-likeness (QED) is 0.739. The summed E-state index contributed by atoms with van der Waals surface area (Å²) in [6, 6.07) is 18.1. The minimum absolute atomic E-state index is 0.0132. The van der Waals surface area contributed by atoms with Gasteiger partial charge in [0.15, 0.2) is 0 Å². The Kier molecular flexibility index (Phi) is 3.72. The van der Waals surface area contributed by atoms with E-state index in [1.54, 1.807) is 4.68 Å². The van der Waals surface area contributed by atoms with E-state index in [2.05, 4.69) is 36.3 Å². The number of aromatic nitrogens is 2. The average molecular weight is 306 g/mol.